The number of nitrogens with zero attached hydrogens (tertiary/aromatic N) is 1. The first-order valence-corrected chi connectivity index (χ1v) is 6.23. The van der Waals surface area contributed by atoms with Crippen molar-refractivity contribution in [2.24, 2.45) is 0 Å². The van der Waals surface area contributed by atoms with Gasteiger partial charge in [-0.05, 0) is 38.8 Å². The highest BCUT2D eigenvalue weighted by Gasteiger charge is 2.17. The van der Waals surface area contributed by atoms with Crippen LogP contribution in [0.3, 0.4) is 0 Å². The summed E-state index contributed by atoms with van der Waals surface area (Å²) in [7, 11) is 0. The van der Waals surface area contributed by atoms with E-state index in [1.807, 2.05) is 0 Å². The van der Waals surface area contributed by atoms with Crippen molar-refractivity contribution in [2.45, 2.75) is 57.9 Å². The van der Waals surface area contributed by atoms with Gasteiger partial charge in [0.05, 0.1) is 0 Å². The van der Waals surface area contributed by atoms with E-state index in [-0.39, 0.29) is 0 Å². The van der Waals surface area contributed by atoms with Crippen LogP contribution in [0.15, 0.2) is 12.7 Å². The Labute approximate surface area is 89.2 Å². The minimum Gasteiger partial charge on any atom is -0.300 e. The van der Waals surface area contributed by atoms with E-state index >= 15 is 0 Å². The van der Waals surface area contributed by atoms with E-state index in [4.69, 9.17) is 0 Å². The van der Waals surface area contributed by atoms with Crippen LogP contribution in [0, 0.1) is 0 Å². The molecule has 1 aliphatic heterocycles. The summed E-state index contributed by atoms with van der Waals surface area (Å²) in [5.41, 5.74) is 0. The Bertz CT molecular complexity index is 145. The molecule has 1 rings (SSSR count). The number of hydrogen-bond acceptors (Lipinski definition) is 1. The van der Waals surface area contributed by atoms with Gasteiger partial charge in [-0.25, -0.2) is 0 Å². The van der Waals surface area contributed by atoms with Gasteiger partial charge in [0.15, 0.2) is 0 Å². The maximum atomic E-state index is 3.87. The predicted molar refractivity (Wildman–Crippen MR) is 63.6 cm³/mol. The van der Waals surface area contributed by atoms with E-state index in [1.54, 1.807) is 0 Å². The summed E-state index contributed by atoms with van der Waals surface area (Å²) in [4.78, 5) is 2.69. The summed E-state index contributed by atoms with van der Waals surface area (Å²) in [6.07, 6.45) is 11.6. The van der Waals surface area contributed by atoms with E-state index < -0.39 is 0 Å². The van der Waals surface area contributed by atoms with Crippen molar-refractivity contribution in [3.8, 4) is 0 Å². The molecule has 0 aromatic heterocycles. The molecule has 0 aromatic carbocycles. The molecule has 1 saturated heterocycles. The summed E-state index contributed by atoms with van der Waals surface area (Å²) in [5, 5.41) is 0. The molecule has 1 fully saturated rings. The average molecular weight is 195 g/mol. The van der Waals surface area contributed by atoms with Crippen LogP contribution in [-0.4, -0.2) is 24.0 Å². The third-order valence-electron chi connectivity index (χ3n) is 3.22. The number of rotatable bonds is 5. The average Bonchev–Trinajstić information content (AvgIpc) is 2.45. The fourth-order valence-electron chi connectivity index (χ4n) is 2.44. The molecule has 1 heteroatoms. The minimum atomic E-state index is 0.774. The molecule has 82 valence electrons. The Balaban J connectivity index is 2.41. The first-order valence-electron chi connectivity index (χ1n) is 6.23. The molecule has 14 heavy (non-hydrogen) atoms. The zero-order valence-electron chi connectivity index (χ0n) is 9.67. The molecular formula is C13H25N. The molecule has 0 saturated carbocycles. The van der Waals surface area contributed by atoms with E-state index in [9.17, 15) is 0 Å². The van der Waals surface area contributed by atoms with Crippen molar-refractivity contribution in [2.75, 3.05) is 13.1 Å². The van der Waals surface area contributed by atoms with Crippen LogP contribution < -0.4 is 0 Å². The van der Waals surface area contributed by atoms with Gasteiger partial charge in [0.25, 0.3) is 0 Å². The fraction of sp³-hybridized carbons (Fsp3) is 0.846. The molecule has 0 aliphatic carbocycles. The SMILES string of the molecule is C=CCC(CCC)N1CCCCCC1. The van der Waals surface area contributed by atoms with Crippen molar-refractivity contribution in [1.29, 1.82) is 0 Å². The lowest BCUT2D eigenvalue weighted by Crippen LogP contribution is -2.35. The lowest BCUT2D eigenvalue weighted by molar-refractivity contribution is 0.193. The van der Waals surface area contributed by atoms with Crippen LogP contribution in [0.2, 0.25) is 0 Å². The van der Waals surface area contributed by atoms with Crippen molar-refractivity contribution in [1.82, 2.24) is 4.90 Å². The van der Waals surface area contributed by atoms with Crippen molar-refractivity contribution in [3.63, 3.8) is 0 Å². The monoisotopic (exact) mass is 195 g/mol. The lowest BCUT2D eigenvalue weighted by atomic mass is 10.1. The van der Waals surface area contributed by atoms with E-state index in [0.717, 1.165) is 6.04 Å². The Kier molecular flexibility index (Phi) is 5.93. The number of likely N-dealkylation sites (tertiary alicyclic amines) is 1. The highest BCUT2D eigenvalue weighted by molar-refractivity contribution is 4.81. The van der Waals surface area contributed by atoms with Crippen LogP contribution in [0.1, 0.15) is 51.9 Å². The van der Waals surface area contributed by atoms with Crippen LogP contribution in [-0.2, 0) is 0 Å². The maximum absolute atomic E-state index is 3.87. The normalized spacial score (nSPS) is 21.5. The van der Waals surface area contributed by atoms with E-state index in [1.165, 1.54) is 58.0 Å². The fourth-order valence-corrected chi connectivity index (χ4v) is 2.44. The van der Waals surface area contributed by atoms with Gasteiger partial charge in [-0.3, -0.25) is 0 Å². The highest BCUT2D eigenvalue weighted by Crippen LogP contribution is 2.17. The molecule has 0 radical (unpaired) electrons. The molecule has 0 bridgehead atoms. The van der Waals surface area contributed by atoms with Gasteiger partial charge in [0, 0.05) is 6.04 Å². The molecule has 1 atom stereocenters. The standard InChI is InChI=1S/C13H25N/c1-3-9-13(10-4-2)14-11-7-5-6-8-12-14/h3,13H,1,4-12H2,2H3. The molecule has 0 aromatic rings. The highest BCUT2D eigenvalue weighted by atomic mass is 15.1. The van der Waals surface area contributed by atoms with Crippen molar-refractivity contribution >= 4 is 0 Å². The smallest absolute Gasteiger partial charge is 0.0129 e. The van der Waals surface area contributed by atoms with Crippen LogP contribution in [0.4, 0.5) is 0 Å². The second-order valence-electron chi connectivity index (χ2n) is 4.42. The van der Waals surface area contributed by atoms with Gasteiger partial charge in [-0.2, -0.15) is 0 Å². The van der Waals surface area contributed by atoms with Gasteiger partial charge < -0.3 is 4.90 Å². The van der Waals surface area contributed by atoms with Gasteiger partial charge in [-0.15, -0.1) is 6.58 Å². The van der Waals surface area contributed by atoms with Gasteiger partial charge in [0.1, 0.15) is 0 Å². The molecule has 1 unspecified atom stereocenters. The third-order valence-corrected chi connectivity index (χ3v) is 3.22. The van der Waals surface area contributed by atoms with E-state index in [2.05, 4.69) is 24.5 Å². The largest absolute Gasteiger partial charge is 0.300 e. The van der Waals surface area contributed by atoms with Crippen LogP contribution in [0.25, 0.3) is 0 Å². The maximum Gasteiger partial charge on any atom is 0.0129 e. The number of hydrogen-bond donors (Lipinski definition) is 0. The second-order valence-corrected chi connectivity index (χ2v) is 4.42. The van der Waals surface area contributed by atoms with Gasteiger partial charge in [-0.1, -0.05) is 32.3 Å². The third kappa shape index (κ3) is 3.83. The molecular weight excluding hydrogens is 170 g/mol. The van der Waals surface area contributed by atoms with Crippen LogP contribution in [0.5, 0.6) is 0 Å². The Morgan fingerprint density at radius 1 is 1.21 bits per heavy atom. The Morgan fingerprint density at radius 3 is 2.36 bits per heavy atom. The van der Waals surface area contributed by atoms with Gasteiger partial charge in [0.2, 0.25) is 0 Å². The van der Waals surface area contributed by atoms with E-state index in [0.29, 0.717) is 0 Å². The summed E-state index contributed by atoms with van der Waals surface area (Å²) in [5.74, 6) is 0. The summed E-state index contributed by atoms with van der Waals surface area (Å²) >= 11 is 0. The first-order chi connectivity index (χ1) is 6.88. The summed E-state index contributed by atoms with van der Waals surface area (Å²) in [6.45, 7) is 8.80. The zero-order valence-corrected chi connectivity index (χ0v) is 9.67. The van der Waals surface area contributed by atoms with Crippen molar-refractivity contribution < 1.29 is 0 Å². The second kappa shape index (κ2) is 7.05. The molecule has 0 amide bonds. The Morgan fingerprint density at radius 2 is 1.86 bits per heavy atom. The topological polar surface area (TPSA) is 3.24 Å². The minimum absolute atomic E-state index is 0.774. The lowest BCUT2D eigenvalue weighted by Gasteiger charge is -2.29. The van der Waals surface area contributed by atoms with Gasteiger partial charge >= 0.3 is 0 Å². The molecule has 1 nitrogen and oxygen atoms in total. The molecule has 1 aliphatic rings. The quantitative estimate of drug-likeness (QED) is 0.606. The first kappa shape index (κ1) is 11.8. The summed E-state index contributed by atoms with van der Waals surface area (Å²) in [6, 6.07) is 0.774. The van der Waals surface area contributed by atoms with Crippen LogP contribution >= 0.6 is 0 Å². The molecule has 1 heterocycles. The Hall–Kier alpha value is -0.300. The molecule has 0 spiro atoms. The predicted octanol–water partition coefficient (Wildman–Crippen LogP) is 3.61. The molecule has 0 N–H and O–H groups in total. The summed E-state index contributed by atoms with van der Waals surface area (Å²) < 4.78 is 0. The zero-order chi connectivity index (χ0) is 10.2. The van der Waals surface area contributed by atoms with Crippen molar-refractivity contribution in [3.05, 3.63) is 12.7 Å².